The van der Waals surface area contributed by atoms with Crippen LogP contribution in [0.1, 0.15) is 55.3 Å². The first-order valence-corrected chi connectivity index (χ1v) is 11.5. The molecule has 2 atom stereocenters. The largest absolute Gasteiger partial charge is 0.485 e. The number of benzene rings is 1. The van der Waals surface area contributed by atoms with E-state index in [1.807, 2.05) is 31.3 Å². The number of hydrogen-bond donors (Lipinski definition) is 0. The Labute approximate surface area is 185 Å². The summed E-state index contributed by atoms with van der Waals surface area (Å²) in [5.41, 5.74) is 0.556. The smallest absolute Gasteiger partial charge is 0.257 e. The number of likely N-dealkylation sites (tertiary alicyclic amines) is 1. The predicted octanol–water partition coefficient (Wildman–Crippen LogP) is 3.12. The Kier molecular flexibility index (Phi) is 9.15. The predicted molar refractivity (Wildman–Crippen MR) is 118 cm³/mol. The third-order valence-corrected chi connectivity index (χ3v) is 6.05. The zero-order chi connectivity index (χ0) is 22.1. The van der Waals surface area contributed by atoms with Crippen LogP contribution in [0.25, 0.3) is 0 Å². The van der Waals surface area contributed by atoms with Gasteiger partial charge in [-0.2, -0.15) is 0 Å². The van der Waals surface area contributed by atoms with Crippen molar-refractivity contribution in [2.24, 2.45) is 0 Å². The Morgan fingerprint density at radius 3 is 2.58 bits per heavy atom. The highest BCUT2D eigenvalue weighted by Gasteiger charge is 2.38. The van der Waals surface area contributed by atoms with E-state index < -0.39 is 0 Å². The van der Waals surface area contributed by atoms with Crippen molar-refractivity contribution in [2.75, 3.05) is 47.0 Å². The van der Waals surface area contributed by atoms with Gasteiger partial charge in [0.1, 0.15) is 18.0 Å². The average molecular weight is 433 g/mol. The van der Waals surface area contributed by atoms with Gasteiger partial charge in [0, 0.05) is 27.3 Å². The molecule has 1 aromatic rings. The van der Waals surface area contributed by atoms with Crippen molar-refractivity contribution in [3.05, 3.63) is 29.8 Å². The van der Waals surface area contributed by atoms with E-state index in [-0.39, 0.29) is 24.0 Å². The fourth-order valence-electron chi connectivity index (χ4n) is 4.18. The van der Waals surface area contributed by atoms with Gasteiger partial charge in [-0.05, 0) is 25.0 Å². The molecular formula is C24H36N2O5. The van der Waals surface area contributed by atoms with Crippen LogP contribution in [0.3, 0.4) is 0 Å². The van der Waals surface area contributed by atoms with E-state index in [1.54, 1.807) is 16.9 Å². The number of fused-ring (bicyclic) bond motifs is 2. The van der Waals surface area contributed by atoms with Gasteiger partial charge < -0.3 is 24.0 Å². The van der Waals surface area contributed by atoms with Crippen molar-refractivity contribution < 1.29 is 23.8 Å². The molecule has 2 heterocycles. The molecule has 1 saturated heterocycles. The van der Waals surface area contributed by atoms with E-state index in [1.165, 1.54) is 12.8 Å². The lowest BCUT2D eigenvalue weighted by atomic mass is 10.1. The van der Waals surface area contributed by atoms with Gasteiger partial charge in [0.15, 0.2) is 0 Å². The van der Waals surface area contributed by atoms with Crippen LogP contribution in [0.5, 0.6) is 5.75 Å². The Morgan fingerprint density at radius 2 is 1.77 bits per heavy atom. The lowest BCUT2D eigenvalue weighted by Gasteiger charge is -2.24. The van der Waals surface area contributed by atoms with Crippen LogP contribution in [-0.2, 0) is 14.3 Å². The first-order valence-electron chi connectivity index (χ1n) is 11.5. The maximum Gasteiger partial charge on any atom is 0.257 e. The Hall–Kier alpha value is -2.12. The third-order valence-electron chi connectivity index (χ3n) is 6.05. The lowest BCUT2D eigenvalue weighted by Crippen LogP contribution is -2.34. The number of rotatable bonds is 3. The van der Waals surface area contributed by atoms with Crippen molar-refractivity contribution >= 4 is 11.8 Å². The summed E-state index contributed by atoms with van der Waals surface area (Å²) in [5.74, 6) is 0.555. The highest BCUT2D eigenvalue weighted by atomic mass is 16.5. The topological polar surface area (TPSA) is 68.3 Å². The molecule has 2 aliphatic heterocycles. The summed E-state index contributed by atoms with van der Waals surface area (Å²) in [5, 5.41) is 0. The number of hydrogen-bond acceptors (Lipinski definition) is 5. The average Bonchev–Trinajstić information content (AvgIpc) is 3.18. The minimum absolute atomic E-state index is 0.0359. The molecule has 0 saturated carbocycles. The van der Waals surface area contributed by atoms with Gasteiger partial charge in [0.05, 0.1) is 31.7 Å². The zero-order valence-electron chi connectivity index (χ0n) is 18.9. The van der Waals surface area contributed by atoms with Crippen molar-refractivity contribution in [1.29, 1.82) is 0 Å². The highest BCUT2D eigenvalue weighted by molar-refractivity contribution is 5.96. The maximum absolute atomic E-state index is 13.0. The zero-order valence-corrected chi connectivity index (χ0v) is 18.9. The van der Waals surface area contributed by atoms with Crippen LogP contribution in [0, 0.1) is 0 Å². The summed E-state index contributed by atoms with van der Waals surface area (Å²) in [6.07, 6.45) is 6.45. The Balaban J connectivity index is 1.78. The van der Waals surface area contributed by atoms with Gasteiger partial charge >= 0.3 is 0 Å². The minimum atomic E-state index is -0.307. The molecule has 172 valence electrons. The van der Waals surface area contributed by atoms with Crippen molar-refractivity contribution in [3.63, 3.8) is 0 Å². The van der Waals surface area contributed by atoms with E-state index >= 15 is 0 Å². The second-order valence-corrected chi connectivity index (χ2v) is 8.45. The number of amides is 2. The normalized spacial score (nSPS) is 23.7. The molecule has 2 aliphatic rings. The number of para-hydroxylation sites is 1. The molecule has 3 rings (SSSR count). The van der Waals surface area contributed by atoms with E-state index in [4.69, 9.17) is 14.2 Å². The van der Waals surface area contributed by atoms with Crippen LogP contribution in [0.15, 0.2) is 24.3 Å². The molecule has 7 nitrogen and oxygen atoms in total. The molecule has 2 amide bonds. The molecule has 0 aromatic heterocycles. The fourth-order valence-corrected chi connectivity index (χ4v) is 4.18. The molecular weight excluding hydrogens is 396 g/mol. The highest BCUT2D eigenvalue weighted by Crippen LogP contribution is 2.26. The molecule has 0 radical (unpaired) electrons. The van der Waals surface area contributed by atoms with Crippen molar-refractivity contribution in [3.8, 4) is 5.75 Å². The van der Waals surface area contributed by atoms with E-state index in [2.05, 4.69) is 0 Å². The molecule has 1 fully saturated rings. The first kappa shape index (κ1) is 23.5. The van der Waals surface area contributed by atoms with Gasteiger partial charge in [-0.1, -0.05) is 37.8 Å². The van der Waals surface area contributed by atoms with Crippen LogP contribution >= 0.6 is 0 Å². The van der Waals surface area contributed by atoms with Gasteiger partial charge in [0.2, 0.25) is 5.91 Å². The fraction of sp³-hybridized carbons (Fsp3) is 0.667. The van der Waals surface area contributed by atoms with E-state index in [9.17, 15) is 9.59 Å². The molecule has 0 aliphatic carbocycles. The summed E-state index contributed by atoms with van der Waals surface area (Å²) >= 11 is 0. The molecule has 7 heteroatoms. The molecule has 0 spiro atoms. The molecule has 31 heavy (non-hydrogen) atoms. The SMILES string of the molecule is COCCC(=O)N1C[C@H]2OCCCCCCCCN(C)C(=O)c3ccccc3O[C@@H]2C1. The van der Waals surface area contributed by atoms with Gasteiger partial charge in [0.25, 0.3) is 5.91 Å². The molecule has 0 unspecified atom stereocenters. The van der Waals surface area contributed by atoms with Gasteiger partial charge in [-0.3, -0.25) is 9.59 Å². The second kappa shape index (κ2) is 12.1. The second-order valence-electron chi connectivity index (χ2n) is 8.45. The lowest BCUT2D eigenvalue weighted by molar-refractivity contribution is -0.131. The summed E-state index contributed by atoms with van der Waals surface area (Å²) in [4.78, 5) is 29.2. The standard InChI is InChI=1S/C24H36N2O5/c1-25-14-9-5-3-4-6-10-15-30-21-17-26(23(27)13-16-29-2)18-22(21)31-20-12-8-7-11-19(20)24(25)28/h7-8,11-12,21-22H,3-6,9-10,13-18H2,1-2H3/t21-,22-/m1/s1. The minimum Gasteiger partial charge on any atom is -0.485 e. The number of carbonyl (C=O) groups is 2. The third kappa shape index (κ3) is 6.68. The van der Waals surface area contributed by atoms with Crippen LogP contribution < -0.4 is 4.74 Å². The number of methoxy groups -OCH3 is 1. The number of ether oxygens (including phenoxy) is 3. The van der Waals surface area contributed by atoms with Gasteiger partial charge in [-0.25, -0.2) is 0 Å². The summed E-state index contributed by atoms with van der Waals surface area (Å²) < 4.78 is 17.5. The van der Waals surface area contributed by atoms with Gasteiger partial charge in [-0.15, -0.1) is 0 Å². The number of nitrogens with zero attached hydrogens (tertiary/aromatic N) is 2. The van der Waals surface area contributed by atoms with Crippen molar-refractivity contribution in [1.82, 2.24) is 9.80 Å². The molecule has 1 aromatic carbocycles. The Bertz CT molecular complexity index is 726. The molecule has 0 N–H and O–H groups in total. The maximum atomic E-state index is 13.0. The first-order chi connectivity index (χ1) is 15.1. The van der Waals surface area contributed by atoms with Crippen LogP contribution in [0.4, 0.5) is 0 Å². The van der Waals surface area contributed by atoms with Crippen molar-refractivity contribution in [2.45, 2.75) is 57.2 Å². The van der Waals surface area contributed by atoms with E-state index in [0.29, 0.717) is 44.0 Å². The summed E-state index contributed by atoms with van der Waals surface area (Å²) in [6.45, 7) is 2.75. The van der Waals surface area contributed by atoms with Crippen LogP contribution in [0.2, 0.25) is 0 Å². The number of carbonyl (C=O) groups excluding carboxylic acids is 2. The monoisotopic (exact) mass is 432 g/mol. The Morgan fingerprint density at radius 1 is 1.06 bits per heavy atom. The van der Waals surface area contributed by atoms with E-state index in [0.717, 1.165) is 32.2 Å². The summed E-state index contributed by atoms with van der Waals surface area (Å²) in [6, 6.07) is 7.37. The quantitative estimate of drug-likeness (QED) is 0.734. The summed E-state index contributed by atoms with van der Waals surface area (Å²) in [7, 11) is 3.44. The molecule has 0 bridgehead atoms. The van der Waals surface area contributed by atoms with Crippen LogP contribution in [-0.4, -0.2) is 80.8 Å².